The second kappa shape index (κ2) is 5.93. The van der Waals surface area contributed by atoms with E-state index < -0.39 is 4.92 Å². The summed E-state index contributed by atoms with van der Waals surface area (Å²) in [5.41, 5.74) is 1.86. The molecule has 0 amide bonds. The van der Waals surface area contributed by atoms with Gasteiger partial charge in [0.15, 0.2) is 0 Å². The average Bonchev–Trinajstić information content (AvgIpc) is 2.85. The van der Waals surface area contributed by atoms with E-state index in [9.17, 15) is 10.1 Å². The Morgan fingerprint density at radius 3 is 3.00 bits per heavy atom. The first-order chi connectivity index (χ1) is 8.70. The predicted octanol–water partition coefficient (Wildman–Crippen LogP) is 3.89. The number of hydrogen-bond acceptors (Lipinski definition) is 4. The van der Waals surface area contributed by atoms with Crippen molar-refractivity contribution in [1.29, 1.82) is 0 Å². The van der Waals surface area contributed by atoms with E-state index in [2.05, 4.69) is 4.98 Å². The van der Waals surface area contributed by atoms with E-state index >= 15 is 0 Å². The van der Waals surface area contributed by atoms with E-state index in [0.29, 0.717) is 5.88 Å². The van der Waals surface area contributed by atoms with Gasteiger partial charge in [-0.05, 0) is 12.8 Å². The monoisotopic (exact) mass is 282 g/mol. The first-order valence-corrected chi connectivity index (χ1v) is 6.87. The van der Waals surface area contributed by atoms with E-state index in [-0.39, 0.29) is 5.69 Å². The van der Waals surface area contributed by atoms with Crippen molar-refractivity contribution < 1.29 is 4.92 Å². The molecule has 94 valence electrons. The number of alkyl halides is 1. The highest BCUT2D eigenvalue weighted by atomic mass is 35.5. The normalized spacial score (nSPS) is 10.5. The number of nitro groups is 1. The number of hydrogen-bond donors (Lipinski definition) is 0. The van der Waals surface area contributed by atoms with Gasteiger partial charge in [-0.1, -0.05) is 12.1 Å². The van der Waals surface area contributed by atoms with Crippen molar-refractivity contribution in [3.05, 3.63) is 45.5 Å². The van der Waals surface area contributed by atoms with Gasteiger partial charge in [-0.2, -0.15) is 0 Å². The molecule has 1 aromatic heterocycles. The number of halogens is 1. The summed E-state index contributed by atoms with van der Waals surface area (Å²) in [6.45, 7) is 0. The quantitative estimate of drug-likeness (QED) is 0.475. The topological polar surface area (TPSA) is 56.0 Å². The van der Waals surface area contributed by atoms with Gasteiger partial charge in [0.05, 0.1) is 10.6 Å². The van der Waals surface area contributed by atoms with Crippen molar-refractivity contribution in [3.8, 4) is 10.6 Å². The number of thiazole rings is 1. The molecule has 4 nitrogen and oxygen atoms in total. The Morgan fingerprint density at radius 1 is 1.44 bits per heavy atom. The first kappa shape index (κ1) is 13.0. The maximum atomic E-state index is 10.7. The number of aromatic nitrogens is 1. The van der Waals surface area contributed by atoms with Gasteiger partial charge in [-0.25, -0.2) is 4.98 Å². The molecule has 0 unspecified atom stereocenters. The van der Waals surface area contributed by atoms with E-state index in [0.717, 1.165) is 29.1 Å². The SMILES string of the molecule is O=[N+]([O-])c1cccc(-c2nc(CCCCl)cs2)c1. The zero-order valence-corrected chi connectivity index (χ0v) is 11.1. The van der Waals surface area contributed by atoms with Crippen LogP contribution in [-0.2, 0) is 6.42 Å². The molecule has 2 aromatic rings. The van der Waals surface area contributed by atoms with Crippen LogP contribution >= 0.6 is 22.9 Å². The molecule has 0 radical (unpaired) electrons. The van der Waals surface area contributed by atoms with Crippen LogP contribution in [0.4, 0.5) is 5.69 Å². The Labute approximate surface area is 113 Å². The van der Waals surface area contributed by atoms with Crippen LogP contribution in [0.5, 0.6) is 0 Å². The van der Waals surface area contributed by atoms with Gasteiger partial charge >= 0.3 is 0 Å². The summed E-state index contributed by atoms with van der Waals surface area (Å²) in [6, 6.07) is 6.53. The lowest BCUT2D eigenvalue weighted by Crippen LogP contribution is -1.89. The van der Waals surface area contributed by atoms with Crippen LogP contribution in [-0.4, -0.2) is 15.8 Å². The van der Waals surface area contributed by atoms with Crippen LogP contribution in [0, 0.1) is 10.1 Å². The minimum atomic E-state index is -0.397. The highest BCUT2D eigenvalue weighted by molar-refractivity contribution is 7.13. The molecule has 0 saturated heterocycles. The highest BCUT2D eigenvalue weighted by Gasteiger charge is 2.09. The summed E-state index contributed by atoms with van der Waals surface area (Å²) in [6.07, 6.45) is 1.73. The Bertz CT molecular complexity index is 557. The third-order valence-electron chi connectivity index (χ3n) is 2.42. The van der Waals surface area contributed by atoms with Gasteiger partial charge in [0.1, 0.15) is 5.01 Å². The van der Waals surface area contributed by atoms with Crippen LogP contribution < -0.4 is 0 Å². The molecule has 1 heterocycles. The van der Waals surface area contributed by atoms with Crippen molar-refractivity contribution in [3.63, 3.8) is 0 Å². The molecule has 0 aliphatic carbocycles. The van der Waals surface area contributed by atoms with Gasteiger partial charge in [0.2, 0.25) is 0 Å². The number of aryl methyl sites for hydroxylation is 1. The fourth-order valence-corrected chi connectivity index (χ4v) is 2.54. The van der Waals surface area contributed by atoms with Gasteiger partial charge < -0.3 is 0 Å². The van der Waals surface area contributed by atoms with Crippen LogP contribution in [0.1, 0.15) is 12.1 Å². The summed E-state index contributed by atoms with van der Waals surface area (Å²) >= 11 is 7.13. The largest absolute Gasteiger partial charge is 0.270 e. The summed E-state index contributed by atoms with van der Waals surface area (Å²) in [7, 11) is 0. The van der Waals surface area contributed by atoms with Crippen LogP contribution in [0.3, 0.4) is 0 Å². The smallest absolute Gasteiger partial charge is 0.258 e. The minimum Gasteiger partial charge on any atom is -0.258 e. The molecule has 0 aliphatic heterocycles. The fraction of sp³-hybridized carbons (Fsp3) is 0.250. The third-order valence-corrected chi connectivity index (χ3v) is 3.63. The van der Waals surface area contributed by atoms with Crippen LogP contribution in [0.15, 0.2) is 29.6 Å². The second-order valence-corrected chi connectivity index (χ2v) is 4.98. The molecule has 18 heavy (non-hydrogen) atoms. The second-order valence-electron chi connectivity index (χ2n) is 3.74. The molecule has 0 aliphatic rings. The number of benzene rings is 1. The molecular formula is C12H11ClN2O2S. The Kier molecular flexibility index (Phi) is 4.28. The van der Waals surface area contributed by atoms with Crippen LogP contribution in [0.25, 0.3) is 10.6 Å². The highest BCUT2D eigenvalue weighted by Crippen LogP contribution is 2.27. The molecule has 0 N–H and O–H groups in total. The van der Waals surface area contributed by atoms with Crippen molar-refractivity contribution in [2.45, 2.75) is 12.8 Å². The summed E-state index contributed by atoms with van der Waals surface area (Å²) in [5.74, 6) is 0.615. The molecule has 0 saturated carbocycles. The molecule has 0 atom stereocenters. The molecule has 6 heteroatoms. The number of nitrogens with zero attached hydrogens (tertiary/aromatic N) is 2. The van der Waals surface area contributed by atoms with Gasteiger partial charge in [-0.3, -0.25) is 10.1 Å². The molecule has 1 aromatic carbocycles. The summed E-state index contributed by atoms with van der Waals surface area (Å²) < 4.78 is 0. The predicted molar refractivity (Wildman–Crippen MR) is 73.2 cm³/mol. The Hall–Kier alpha value is -1.46. The Morgan fingerprint density at radius 2 is 2.28 bits per heavy atom. The molecule has 2 rings (SSSR count). The first-order valence-electron chi connectivity index (χ1n) is 5.46. The van der Waals surface area contributed by atoms with E-state index in [1.165, 1.54) is 17.4 Å². The molecule has 0 fully saturated rings. The average molecular weight is 283 g/mol. The zero-order valence-electron chi connectivity index (χ0n) is 9.51. The van der Waals surface area contributed by atoms with Crippen molar-refractivity contribution in [1.82, 2.24) is 4.98 Å². The summed E-state index contributed by atoms with van der Waals surface area (Å²) in [4.78, 5) is 14.8. The zero-order chi connectivity index (χ0) is 13.0. The van der Waals surface area contributed by atoms with Crippen LogP contribution in [0.2, 0.25) is 0 Å². The molecule has 0 spiro atoms. The molecular weight excluding hydrogens is 272 g/mol. The number of nitro benzene ring substituents is 1. The van der Waals surface area contributed by atoms with Gasteiger partial charge in [0, 0.05) is 29.0 Å². The standard InChI is InChI=1S/C12H11ClN2O2S/c13-6-2-4-10-8-18-12(14-10)9-3-1-5-11(7-9)15(16)17/h1,3,5,7-8H,2,4,6H2. The molecule has 0 bridgehead atoms. The maximum Gasteiger partial charge on any atom is 0.270 e. The minimum absolute atomic E-state index is 0.0880. The Balaban J connectivity index is 2.23. The van der Waals surface area contributed by atoms with Gasteiger partial charge in [-0.15, -0.1) is 22.9 Å². The van der Waals surface area contributed by atoms with E-state index in [1.807, 2.05) is 11.4 Å². The lowest BCUT2D eigenvalue weighted by atomic mass is 10.2. The fourth-order valence-electron chi connectivity index (χ4n) is 1.55. The van der Waals surface area contributed by atoms with Gasteiger partial charge in [0.25, 0.3) is 5.69 Å². The van der Waals surface area contributed by atoms with E-state index in [1.54, 1.807) is 12.1 Å². The van der Waals surface area contributed by atoms with Crippen molar-refractivity contribution >= 4 is 28.6 Å². The third kappa shape index (κ3) is 3.05. The number of non-ortho nitro benzene ring substituents is 1. The lowest BCUT2D eigenvalue weighted by molar-refractivity contribution is -0.384. The van der Waals surface area contributed by atoms with Crippen molar-refractivity contribution in [2.24, 2.45) is 0 Å². The maximum absolute atomic E-state index is 10.7. The van der Waals surface area contributed by atoms with Crippen molar-refractivity contribution in [2.75, 3.05) is 5.88 Å². The number of rotatable bonds is 5. The van der Waals surface area contributed by atoms with E-state index in [4.69, 9.17) is 11.6 Å². The lowest BCUT2D eigenvalue weighted by Gasteiger charge is -1.96. The summed E-state index contributed by atoms with van der Waals surface area (Å²) in [5, 5.41) is 13.5.